The van der Waals surface area contributed by atoms with Crippen LogP contribution in [0, 0.1) is 0 Å². The first kappa shape index (κ1) is 20.4. The highest BCUT2D eigenvalue weighted by Gasteiger charge is 2.26. The summed E-state index contributed by atoms with van der Waals surface area (Å²) < 4.78 is 5.82. The zero-order chi connectivity index (χ0) is 21.1. The Labute approximate surface area is 177 Å². The van der Waals surface area contributed by atoms with Crippen LogP contribution in [0.5, 0.6) is 0 Å². The Morgan fingerprint density at radius 2 is 1.97 bits per heavy atom. The molecule has 0 saturated carbocycles. The highest BCUT2D eigenvalue weighted by molar-refractivity contribution is 6.07. The van der Waals surface area contributed by atoms with Crippen molar-refractivity contribution in [2.75, 3.05) is 19.6 Å². The van der Waals surface area contributed by atoms with Crippen LogP contribution < -0.4 is 5.32 Å². The van der Waals surface area contributed by atoms with Crippen molar-refractivity contribution in [2.45, 2.75) is 39.0 Å². The molecule has 0 bridgehead atoms. The first-order valence-corrected chi connectivity index (χ1v) is 10.5. The average molecular weight is 405 g/mol. The van der Waals surface area contributed by atoms with Crippen LogP contribution in [-0.4, -0.2) is 58.7 Å². The third kappa shape index (κ3) is 4.50. The fraction of sp³-hybridized carbons (Fsp3) is 0.375. The van der Waals surface area contributed by atoms with Gasteiger partial charge in [-0.3, -0.25) is 14.7 Å². The monoisotopic (exact) mass is 404 g/mol. The minimum absolute atomic E-state index is 0.0834. The van der Waals surface area contributed by atoms with E-state index in [0.717, 1.165) is 35.2 Å². The number of rotatable bonds is 5. The fourth-order valence-corrected chi connectivity index (χ4v) is 4.07. The van der Waals surface area contributed by atoms with E-state index in [1.165, 1.54) is 0 Å². The van der Waals surface area contributed by atoms with Gasteiger partial charge in [0.2, 0.25) is 0 Å². The molecule has 3 heterocycles. The molecule has 1 aliphatic heterocycles. The second-order valence-electron chi connectivity index (χ2n) is 8.08. The highest BCUT2D eigenvalue weighted by atomic mass is 16.5. The largest absolute Gasteiger partial charge is 0.373 e. The summed E-state index contributed by atoms with van der Waals surface area (Å²) in [6, 6.07) is 13.7. The first-order chi connectivity index (χ1) is 14.5. The van der Waals surface area contributed by atoms with Gasteiger partial charge in [0.15, 0.2) is 0 Å². The van der Waals surface area contributed by atoms with E-state index in [1.54, 1.807) is 12.4 Å². The van der Waals surface area contributed by atoms with E-state index < -0.39 is 0 Å². The Bertz CT molecular complexity index is 1010. The van der Waals surface area contributed by atoms with E-state index in [0.29, 0.717) is 12.1 Å². The van der Waals surface area contributed by atoms with E-state index in [-0.39, 0.29) is 24.2 Å². The summed E-state index contributed by atoms with van der Waals surface area (Å²) in [4.78, 5) is 24.5. The number of nitrogens with zero attached hydrogens (tertiary/aromatic N) is 3. The highest BCUT2D eigenvalue weighted by Crippen LogP contribution is 2.24. The molecule has 4 rings (SSSR count). The molecule has 3 aromatic rings. The van der Waals surface area contributed by atoms with Gasteiger partial charge < -0.3 is 10.1 Å². The molecular formula is C24H28N4O2. The first-order valence-electron chi connectivity index (χ1n) is 10.5. The number of hydrogen-bond acceptors (Lipinski definition) is 5. The number of benzene rings is 1. The third-order valence-electron chi connectivity index (χ3n) is 5.55. The van der Waals surface area contributed by atoms with E-state index in [4.69, 9.17) is 9.72 Å². The Hall–Kier alpha value is -2.83. The van der Waals surface area contributed by atoms with Crippen LogP contribution in [0.4, 0.5) is 0 Å². The van der Waals surface area contributed by atoms with Crippen molar-refractivity contribution in [1.29, 1.82) is 0 Å². The van der Waals surface area contributed by atoms with Gasteiger partial charge in [-0.05, 0) is 45.0 Å². The smallest absolute Gasteiger partial charge is 0.252 e. The number of aromatic nitrogens is 2. The molecule has 6 nitrogen and oxygen atoms in total. The maximum Gasteiger partial charge on any atom is 0.252 e. The maximum absolute atomic E-state index is 13.2. The van der Waals surface area contributed by atoms with Crippen LogP contribution in [0.3, 0.4) is 0 Å². The van der Waals surface area contributed by atoms with Crippen LogP contribution >= 0.6 is 0 Å². The van der Waals surface area contributed by atoms with Gasteiger partial charge in [-0.2, -0.15) is 0 Å². The molecule has 0 spiro atoms. The molecule has 0 aliphatic carbocycles. The molecule has 6 heteroatoms. The predicted molar refractivity (Wildman–Crippen MR) is 118 cm³/mol. The predicted octanol–water partition coefficient (Wildman–Crippen LogP) is 3.52. The van der Waals surface area contributed by atoms with Crippen molar-refractivity contribution in [3.05, 3.63) is 60.4 Å². The lowest BCUT2D eigenvalue weighted by Crippen LogP contribution is -2.52. The lowest BCUT2D eigenvalue weighted by Gasteiger charge is -2.39. The van der Waals surface area contributed by atoms with Crippen LogP contribution in [0.1, 0.15) is 31.1 Å². The van der Waals surface area contributed by atoms with Crippen molar-refractivity contribution in [3.8, 4) is 11.3 Å². The summed E-state index contributed by atoms with van der Waals surface area (Å²) in [6.07, 6.45) is 3.91. The number of para-hydroxylation sites is 1. The van der Waals surface area contributed by atoms with Crippen molar-refractivity contribution in [3.63, 3.8) is 0 Å². The molecule has 2 aromatic heterocycles. The van der Waals surface area contributed by atoms with Crippen molar-refractivity contribution in [1.82, 2.24) is 20.2 Å². The second kappa shape index (κ2) is 8.90. The van der Waals surface area contributed by atoms with Crippen molar-refractivity contribution >= 4 is 16.8 Å². The van der Waals surface area contributed by atoms with E-state index in [9.17, 15) is 4.79 Å². The summed E-state index contributed by atoms with van der Waals surface area (Å²) in [6.45, 7) is 8.68. The minimum atomic E-state index is -0.0834. The molecule has 1 saturated heterocycles. The van der Waals surface area contributed by atoms with Crippen LogP contribution in [0.2, 0.25) is 0 Å². The number of pyridine rings is 2. The number of amides is 1. The Morgan fingerprint density at radius 3 is 2.70 bits per heavy atom. The molecule has 0 radical (unpaired) electrons. The topological polar surface area (TPSA) is 67.4 Å². The van der Waals surface area contributed by atoms with Crippen LogP contribution in [-0.2, 0) is 4.74 Å². The van der Waals surface area contributed by atoms with Gasteiger partial charge in [0, 0.05) is 49.0 Å². The molecule has 1 fully saturated rings. The molecule has 30 heavy (non-hydrogen) atoms. The van der Waals surface area contributed by atoms with Crippen LogP contribution in [0.15, 0.2) is 54.9 Å². The maximum atomic E-state index is 13.2. The summed E-state index contributed by atoms with van der Waals surface area (Å²) in [5, 5.41) is 3.98. The summed E-state index contributed by atoms with van der Waals surface area (Å²) in [7, 11) is 0. The Kier molecular flexibility index (Phi) is 6.06. The summed E-state index contributed by atoms with van der Waals surface area (Å²) >= 11 is 0. The SMILES string of the molecule is CC1CN(C(C)CNC(=O)c2cc(-c3cccnc3)nc3ccccc23)CC(C)O1. The number of carbonyl (C=O) groups is 1. The fourth-order valence-electron chi connectivity index (χ4n) is 4.07. The number of fused-ring (bicyclic) bond motifs is 1. The standard InChI is InChI=1S/C24H28N4O2/c1-16(28-14-17(2)30-18(3)15-28)12-26-24(29)21-11-23(19-7-6-10-25-13-19)27-22-9-5-4-8-20(21)22/h4-11,13,16-18H,12,14-15H2,1-3H3,(H,26,29). The zero-order valence-corrected chi connectivity index (χ0v) is 17.7. The van der Waals surface area contributed by atoms with Gasteiger partial charge in [0.1, 0.15) is 0 Å². The number of hydrogen-bond donors (Lipinski definition) is 1. The molecule has 3 atom stereocenters. The van der Waals surface area contributed by atoms with Gasteiger partial charge in [0.25, 0.3) is 5.91 Å². The molecule has 1 aromatic carbocycles. The number of ether oxygens (including phenoxy) is 1. The van der Waals surface area contributed by atoms with Gasteiger partial charge in [-0.15, -0.1) is 0 Å². The van der Waals surface area contributed by atoms with Gasteiger partial charge in [-0.25, -0.2) is 4.98 Å². The molecule has 3 unspecified atom stereocenters. The van der Waals surface area contributed by atoms with E-state index in [2.05, 4.69) is 36.0 Å². The number of nitrogens with one attached hydrogen (secondary N) is 1. The van der Waals surface area contributed by atoms with Gasteiger partial charge in [-0.1, -0.05) is 18.2 Å². The van der Waals surface area contributed by atoms with Crippen molar-refractivity contribution in [2.24, 2.45) is 0 Å². The summed E-state index contributed by atoms with van der Waals surface area (Å²) in [5.41, 5.74) is 3.07. The lowest BCUT2D eigenvalue weighted by atomic mass is 10.0. The second-order valence-corrected chi connectivity index (χ2v) is 8.08. The normalized spacial score (nSPS) is 20.8. The van der Waals surface area contributed by atoms with Gasteiger partial charge in [0.05, 0.1) is 29.0 Å². The quantitative estimate of drug-likeness (QED) is 0.705. The lowest BCUT2D eigenvalue weighted by molar-refractivity contribution is -0.0778. The molecule has 1 amide bonds. The number of carbonyl (C=O) groups excluding carboxylic acids is 1. The zero-order valence-electron chi connectivity index (χ0n) is 17.7. The molecule has 1 aliphatic rings. The van der Waals surface area contributed by atoms with Gasteiger partial charge >= 0.3 is 0 Å². The van der Waals surface area contributed by atoms with E-state index in [1.807, 2.05) is 42.5 Å². The molecule has 156 valence electrons. The minimum Gasteiger partial charge on any atom is -0.373 e. The Morgan fingerprint density at radius 1 is 1.20 bits per heavy atom. The Balaban J connectivity index is 1.55. The van der Waals surface area contributed by atoms with Crippen LogP contribution in [0.25, 0.3) is 22.2 Å². The number of morpholine rings is 1. The van der Waals surface area contributed by atoms with E-state index >= 15 is 0 Å². The molecule has 1 N–H and O–H groups in total. The summed E-state index contributed by atoms with van der Waals surface area (Å²) in [5.74, 6) is -0.0834. The average Bonchev–Trinajstić information content (AvgIpc) is 2.76. The molecular weight excluding hydrogens is 376 g/mol. The van der Waals surface area contributed by atoms with Crippen molar-refractivity contribution < 1.29 is 9.53 Å². The third-order valence-corrected chi connectivity index (χ3v) is 5.55.